The third-order valence-electron chi connectivity index (χ3n) is 6.75. The lowest BCUT2D eigenvalue weighted by molar-refractivity contribution is -0.384. The molecular weight excluding hydrogens is 544 g/mol. The van der Waals surface area contributed by atoms with Crippen LogP contribution in [0.4, 0.5) is 11.4 Å². The summed E-state index contributed by atoms with van der Waals surface area (Å²) in [5, 5.41) is 14.3. The molecule has 0 aliphatic carbocycles. The maximum Gasteiger partial charge on any atom is 0.271 e. The number of sulfonamides is 1. The van der Waals surface area contributed by atoms with E-state index in [1.807, 2.05) is 75.4 Å². The van der Waals surface area contributed by atoms with E-state index in [2.05, 4.69) is 5.32 Å². The van der Waals surface area contributed by atoms with Crippen molar-refractivity contribution in [3.05, 3.63) is 106 Å². The van der Waals surface area contributed by atoms with Crippen molar-refractivity contribution in [2.24, 2.45) is 0 Å². The summed E-state index contributed by atoms with van der Waals surface area (Å²) in [5.41, 5.74) is 2.29. The lowest BCUT2D eigenvalue weighted by Crippen LogP contribution is -2.54. The molecule has 0 fully saturated rings. The quantitative estimate of drug-likeness (QED) is 0.238. The molecule has 0 aliphatic rings. The van der Waals surface area contributed by atoms with E-state index in [9.17, 15) is 28.1 Å². The summed E-state index contributed by atoms with van der Waals surface area (Å²) in [4.78, 5) is 39.8. The minimum Gasteiger partial charge on any atom is -0.352 e. The van der Waals surface area contributed by atoms with Gasteiger partial charge in [0.2, 0.25) is 21.8 Å². The zero-order chi connectivity index (χ0) is 30.2. The van der Waals surface area contributed by atoms with Crippen molar-refractivity contribution in [2.45, 2.75) is 52.2 Å². The Hall–Kier alpha value is -4.25. The van der Waals surface area contributed by atoms with Crippen molar-refractivity contribution in [3.63, 3.8) is 0 Å². The molecule has 3 aromatic rings. The number of non-ortho nitro benzene ring substituents is 1. The number of hydrogen-bond donors (Lipinski definition) is 1. The van der Waals surface area contributed by atoms with Crippen molar-refractivity contribution in [3.8, 4) is 0 Å². The number of hydrogen-bond acceptors (Lipinski definition) is 6. The zero-order valence-electron chi connectivity index (χ0n) is 23.7. The highest BCUT2D eigenvalue weighted by Gasteiger charge is 2.33. The number of nitro benzene ring substituents is 1. The van der Waals surface area contributed by atoms with Crippen molar-refractivity contribution in [1.82, 2.24) is 10.2 Å². The highest BCUT2D eigenvalue weighted by atomic mass is 32.2. The summed E-state index contributed by atoms with van der Waals surface area (Å²) >= 11 is 0. The Balaban J connectivity index is 2.07. The zero-order valence-corrected chi connectivity index (χ0v) is 24.5. The van der Waals surface area contributed by atoms with E-state index < -0.39 is 33.4 Å². The monoisotopic (exact) mass is 580 g/mol. The molecule has 0 saturated carbocycles. The predicted molar refractivity (Wildman–Crippen MR) is 159 cm³/mol. The van der Waals surface area contributed by atoms with E-state index in [0.29, 0.717) is 6.42 Å². The third-order valence-corrected chi connectivity index (χ3v) is 7.89. The van der Waals surface area contributed by atoms with Gasteiger partial charge in [0.1, 0.15) is 12.6 Å². The molecule has 0 radical (unpaired) electrons. The van der Waals surface area contributed by atoms with Gasteiger partial charge < -0.3 is 10.2 Å². The number of nitrogens with one attached hydrogen (secondary N) is 1. The van der Waals surface area contributed by atoms with E-state index in [0.717, 1.165) is 33.3 Å². The van der Waals surface area contributed by atoms with Crippen LogP contribution in [0.3, 0.4) is 0 Å². The Morgan fingerprint density at radius 2 is 1.63 bits per heavy atom. The van der Waals surface area contributed by atoms with Gasteiger partial charge in [-0.15, -0.1) is 0 Å². The fourth-order valence-corrected chi connectivity index (χ4v) is 5.10. The van der Waals surface area contributed by atoms with Gasteiger partial charge in [-0.1, -0.05) is 73.2 Å². The second-order valence-electron chi connectivity index (χ2n) is 10.1. The topological polar surface area (TPSA) is 130 Å². The minimum atomic E-state index is -4.03. The molecule has 0 heterocycles. The SMILES string of the molecule is CC[C@H](C)NC(=O)[C@@H](Cc1ccccc1)N(Cc1ccc(C)cc1)C(=O)CN(c1cccc([N+](=O)[O-])c1)S(C)(=O)=O. The summed E-state index contributed by atoms with van der Waals surface area (Å²) in [5.74, 6) is -0.979. The van der Waals surface area contributed by atoms with Crippen LogP contribution >= 0.6 is 0 Å². The van der Waals surface area contributed by atoms with Gasteiger partial charge in [-0.25, -0.2) is 8.42 Å². The van der Waals surface area contributed by atoms with Crippen LogP contribution in [-0.2, 0) is 32.6 Å². The van der Waals surface area contributed by atoms with Crippen LogP contribution in [0, 0.1) is 17.0 Å². The van der Waals surface area contributed by atoms with E-state index in [-0.39, 0.29) is 36.3 Å². The van der Waals surface area contributed by atoms with Crippen LogP contribution in [-0.4, -0.2) is 54.9 Å². The van der Waals surface area contributed by atoms with Crippen molar-refractivity contribution in [1.29, 1.82) is 0 Å². The summed E-state index contributed by atoms with van der Waals surface area (Å²) in [6.07, 6.45) is 1.82. The molecule has 2 amide bonds. The lowest BCUT2D eigenvalue weighted by atomic mass is 10.0. The summed E-state index contributed by atoms with van der Waals surface area (Å²) in [6.45, 7) is 5.16. The molecule has 0 saturated heterocycles. The van der Waals surface area contributed by atoms with Gasteiger partial charge in [0.05, 0.1) is 16.9 Å². The molecule has 2 atom stereocenters. The van der Waals surface area contributed by atoms with Crippen molar-refractivity contribution < 1.29 is 22.9 Å². The molecular formula is C30H36N4O6S. The molecule has 0 aliphatic heterocycles. The number of carbonyl (C=O) groups is 2. The van der Waals surface area contributed by atoms with E-state index in [1.54, 1.807) is 0 Å². The molecule has 11 heteroatoms. The number of benzene rings is 3. The number of anilines is 1. The molecule has 41 heavy (non-hydrogen) atoms. The van der Waals surface area contributed by atoms with Crippen molar-refractivity contribution in [2.75, 3.05) is 17.1 Å². The fourth-order valence-electron chi connectivity index (χ4n) is 4.26. The molecule has 3 rings (SSSR count). The minimum absolute atomic E-state index is 0.0194. The van der Waals surface area contributed by atoms with Crippen LogP contribution in [0.15, 0.2) is 78.9 Å². The second-order valence-corrected chi connectivity index (χ2v) is 12.0. The number of aryl methyl sites for hydroxylation is 1. The smallest absolute Gasteiger partial charge is 0.271 e. The van der Waals surface area contributed by atoms with Gasteiger partial charge in [-0.05, 0) is 37.5 Å². The van der Waals surface area contributed by atoms with E-state index in [1.165, 1.54) is 23.1 Å². The largest absolute Gasteiger partial charge is 0.352 e. The number of carbonyl (C=O) groups excluding carboxylic acids is 2. The van der Waals surface area contributed by atoms with E-state index in [4.69, 9.17) is 0 Å². The highest BCUT2D eigenvalue weighted by molar-refractivity contribution is 7.92. The average Bonchev–Trinajstić information content (AvgIpc) is 2.94. The first-order valence-corrected chi connectivity index (χ1v) is 15.1. The lowest BCUT2D eigenvalue weighted by Gasteiger charge is -2.34. The first-order valence-electron chi connectivity index (χ1n) is 13.3. The van der Waals surface area contributed by atoms with Crippen LogP contribution in [0.25, 0.3) is 0 Å². The summed E-state index contributed by atoms with van der Waals surface area (Å²) in [7, 11) is -4.03. The highest BCUT2D eigenvalue weighted by Crippen LogP contribution is 2.24. The first-order chi connectivity index (χ1) is 19.4. The number of nitrogens with zero attached hydrogens (tertiary/aromatic N) is 3. The molecule has 0 unspecified atom stereocenters. The van der Waals surface area contributed by atoms with Crippen LogP contribution in [0.5, 0.6) is 0 Å². The Labute approximate surface area is 241 Å². The number of nitro groups is 1. The van der Waals surface area contributed by atoms with Gasteiger partial charge >= 0.3 is 0 Å². The third kappa shape index (κ3) is 8.87. The van der Waals surface area contributed by atoms with E-state index >= 15 is 0 Å². The molecule has 0 bridgehead atoms. The van der Waals surface area contributed by atoms with Gasteiger partial charge in [-0.2, -0.15) is 0 Å². The van der Waals surface area contributed by atoms with Gasteiger partial charge in [-0.3, -0.25) is 24.0 Å². The summed E-state index contributed by atoms with van der Waals surface area (Å²) < 4.78 is 26.5. The molecule has 10 nitrogen and oxygen atoms in total. The Bertz CT molecular complexity index is 1460. The Kier molecular flexibility index (Phi) is 10.6. The Morgan fingerprint density at radius 3 is 2.22 bits per heavy atom. The van der Waals surface area contributed by atoms with Crippen molar-refractivity contribution >= 4 is 33.2 Å². The number of rotatable bonds is 13. The van der Waals surface area contributed by atoms with Crippen LogP contribution in [0.1, 0.15) is 37.0 Å². The molecule has 0 aromatic heterocycles. The molecule has 1 N–H and O–H groups in total. The summed E-state index contributed by atoms with van der Waals surface area (Å²) in [6, 6.07) is 20.8. The number of amides is 2. The molecule has 3 aromatic carbocycles. The molecule has 0 spiro atoms. The first kappa shape index (κ1) is 31.3. The predicted octanol–water partition coefficient (Wildman–Crippen LogP) is 4.22. The normalized spacial score (nSPS) is 12.7. The maximum absolute atomic E-state index is 14.1. The molecule has 218 valence electrons. The second kappa shape index (κ2) is 13.9. The fraction of sp³-hybridized carbons (Fsp3) is 0.333. The van der Waals surface area contributed by atoms with Crippen LogP contribution in [0.2, 0.25) is 0 Å². The van der Waals surface area contributed by atoms with Crippen LogP contribution < -0.4 is 9.62 Å². The average molecular weight is 581 g/mol. The Morgan fingerprint density at radius 1 is 0.976 bits per heavy atom. The maximum atomic E-state index is 14.1. The van der Waals surface area contributed by atoms with Gasteiger partial charge in [0, 0.05) is 31.1 Å². The van der Waals surface area contributed by atoms with Gasteiger partial charge in [0.15, 0.2) is 0 Å². The standard InChI is InChI=1S/C30H36N4O6S/c1-5-23(3)31-30(36)28(18-24-10-7-6-8-11-24)32(20-25-16-14-22(2)15-17-25)29(35)21-33(41(4,39)40)26-12-9-13-27(19-26)34(37)38/h6-17,19,23,28H,5,18,20-21H2,1-4H3,(H,31,36)/t23-,28+/m0/s1. The van der Waals surface area contributed by atoms with Gasteiger partial charge in [0.25, 0.3) is 5.69 Å².